The molecule has 0 aliphatic heterocycles. The Kier molecular flexibility index (Phi) is 7.11. The molecular weight excluding hydrogens is 468 g/mol. The van der Waals surface area contributed by atoms with E-state index in [0.29, 0.717) is 27.9 Å². The highest BCUT2D eigenvalue weighted by atomic mass is 32.2. The number of thioether (sulfide) groups is 1. The molecule has 0 spiro atoms. The van der Waals surface area contributed by atoms with Gasteiger partial charge in [0.25, 0.3) is 0 Å². The molecule has 0 bridgehead atoms. The highest BCUT2D eigenvalue weighted by Crippen LogP contribution is 2.47. The number of nitrogens with zero attached hydrogens (tertiary/aromatic N) is 4. The zero-order valence-corrected chi connectivity index (χ0v) is 21.2. The van der Waals surface area contributed by atoms with Crippen LogP contribution >= 0.6 is 11.8 Å². The molecule has 10 heteroatoms. The van der Waals surface area contributed by atoms with Gasteiger partial charge in [-0.1, -0.05) is 6.08 Å². The Hall–Kier alpha value is -3.40. The first-order chi connectivity index (χ1) is 16.7. The highest BCUT2D eigenvalue weighted by Gasteiger charge is 2.33. The van der Waals surface area contributed by atoms with Gasteiger partial charge in [0.2, 0.25) is 5.95 Å². The first-order valence-corrected chi connectivity index (χ1v) is 12.5. The van der Waals surface area contributed by atoms with Gasteiger partial charge in [-0.3, -0.25) is 5.10 Å². The summed E-state index contributed by atoms with van der Waals surface area (Å²) in [6, 6.07) is 4.48. The lowest BCUT2D eigenvalue weighted by Crippen LogP contribution is -2.19. The zero-order chi connectivity index (χ0) is 25.3. The van der Waals surface area contributed by atoms with Crippen LogP contribution in [0.25, 0.3) is 5.57 Å². The van der Waals surface area contributed by atoms with Crippen LogP contribution in [0.3, 0.4) is 0 Å². The van der Waals surface area contributed by atoms with Gasteiger partial charge in [-0.15, -0.1) is 11.8 Å². The van der Waals surface area contributed by atoms with Gasteiger partial charge in [-0.05, 0) is 69.6 Å². The number of aromatic nitrogens is 4. The minimum absolute atomic E-state index is 0.149. The van der Waals surface area contributed by atoms with Crippen molar-refractivity contribution >= 4 is 40.6 Å². The van der Waals surface area contributed by atoms with Crippen LogP contribution in [0.4, 0.5) is 32.1 Å². The molecule has 7 nitrogen and oxygen atoms in total. The maximum absolute atomic E-state index is 15.0. The maximum Gasteiger partial charge on any atom is 0.232 e. The van der Waals surface area contributed by atoms with Crippen molar-refractivity contribution in [2.24, 2.45) is 5.73 Å². The average Bonchev–Trinajstić information content (AvgIpc) is 3.57. The van der Waals surface area contributed by atoms with Gasteiger partial charge < -0.3 is 16.0 Å². The van der Waals surface area contributed by atoms with Crippen LogP contribution < -0.4 is 16.0 Å². The van der Waals surface area contributed by atoms with Crippen molar-refractivity contribution in [2.45, 2.75) is 44.4 Å². The van der Waals surface area contributed by atoms with Crippen LogP contribution in [-0.2, 0) is 0 Å². The first kappa shape index (κ1) is 24.7. The van der Waals surface area contributed by atoms with Gasteiger partial charge in [-0.25, -0.2) is 13.8 Å². The lowest BCUT2D eigenvalue weighted by Gasteiger charge is -2.23. The number of anilines is 4. The van der Waals surface area contributed by atoms with Gasteiger partial charge in [-0.2, -0.15) is 10.1 Å². The third-order valence-electron chi connectivity index (χ3n) is 5.70. The van der Waals surface area contributed by atoms with Crippen LogP contribution in [-0.4, -0.2) is 33.5 Å². The number of benzene rings is 1. The molecule has 4 rings (SSSR count). The summed E-state index contributed by atoms with van der Waals surface area (Å²) in [5.41, 5.74) is 9.71. The number of H-pyrrole nitrogens is 1. The largest absolute Gasteiger partial charge is 0.402 e. The van der Waals surface area contributed by atoms with Crippen molar-refractivity contribution in [3.8, 4) is 0 Å². The molecule has 1 saturated carbocycles. The molecule has 35 heavy (non-hydrogen) atoms. The summed E-state index contributed by atoms with van der Waals surface area (Å²) in [4.78, 5) is 11.4. The monoisotopic (exact) mass is 497 g/mol. The Morgan fingerprint density at radius 1 is 1.23 bits per heavy atom. The summed E-state index contributed by atoms with van der Waals surface area (Å²) < 4.78 is 30.0. The minimum atomic E-state index is -0.685. The van der Waals surface area contributed by atoms with Crippen LogP contribution in [0.2, 0.25) is 0 Å². The fourth-order valence-corrected chi connectivity index (χ4v) is 4.34. The topological polar surface area (TPSA) is 95.7 Å². The van der Waals surface area contributed by atoms with Crippen molar-refractivity contribution in [3.63, 3.8) is 0 Å². The Morgan fingerprint density at radius 2 is 1.91 bits per heavy atom. The summed E-state index contributed by atoms with van der Waals surface area (Å²) in [6.07, 6.45) is 7.53. The fraction of sp³-hybridized carbons (Fsp3) is 0.320. The van der Waals surface area contributed by atoms with E-state index in [0.717, 1.165) is 29.7 Å². The number of allylic oxidation sites excluding steroid dienone is 4. The highest BCUT2D eigenvalue weighted by molar-refractivity contribution is 7.98. The number of halogens is 2. The van der Waals surface area contributed by atoms with E-state index in [4.69, 9.17) is 15.7 Å². The lowest BCUT2D eigenvalue weighted by atomic mass is 10.0. The average molecular weight is 498 g/mol. The van der Waals surface area contributed by atoms with Crippen LogP contribution in [0.5, 0.6) is 0 Å². The Labute approximate surface area is 207 Å². The smallest absolute Gasteiger partial charge is 0.232 e. The van der Waals surface area contributed by atoms with Crippen molar-refractivity contribution in [1.29, 1.82) is 0 Å². The number of rotatable bonds is 8. The van der Waals surface area contributed by atoms with Gasteiger partial charge in [0.05, 0.1) is 5.69 Å². The van der Waals surface area contributed by atoms with Crippen molar-refractivity contribution in [1.82, 2.24) is 20.2 Å². The quantitative estimate of drug-likeness (QED) is 0.253. The molecule has 0 unspecified atom stereocenters. The third kappa shape index (κ3) is 5.32. The molecule has 1 aliphatic carbocycles. The van der Waals surface area contributed by atoms with E-state index in [2.05, 4.69) is 15.5 Å². The second-order valence-corrected chi connectivity index (χ2v) is 9.48. The number of aromatic amines is 1. The van der Waals surface area contributed by atoms with E-state index in [1.807, 2.05) is 32.1 Å². The summed E-state index contributed by atoms with van der Waals surface area (Å²) in [7, 11) is 1.55. The van der Waals surface area contributed by atoms with Crippen molar-refractivity contribution in [2.75, 3.05) is 23.5 Å². The molecule has 0 saturated heterocycles. The number of aryl methyl sites for hydroxylation is 1. The second-order valence-electron chi connectivity index (χ2n) is 8.60. The minimum Gasteiger partial charge on any atom is -0.402 e. The number of nitrogens with one attached hydrogen (secondary N) is 2. The number of hydrogen-bond donors (Lipinski definition) is 3. The summed E-state index contributed by atoms with van der Waals surface area (Å²) in [5.74, 6) is 0.190. The number of nitrogens with two attached hydrogens (primary N) is 1. The molecule has 0 amide bonds. The molecule has 4 N–H and O–H groups in total. The molecule has 0 atom stereocenters. The van der Waals surface area contributed by atoms with Crippen LogP contribution in [0.1, 0.15) is 49.6 Å². The maximum atomic E-state index is 15.0. The molecule has 1 aromatic carbocycles. The zero-order valence-electron chi connectivity index (χ0n) is 20.4. The van der Waals surface area contributed by atoms with E-state index in [-0.39, 0.29) is 17.6 Å². The van der Waals surface area contributed by atoms with E-state index in [1.165, 1.54) is 28.8 Å². The normalized spacial score (nSPS) is 14.4. The fourth-order valence-electron chi connectivity index (χ4n) is 3.90. The Bertz CT molecular complexity index is 1280. The van der Waals surface area contributed by atoms with E-state index in [9.17, 15) is 8.78 Å². The lowest BCUT2D eigenvalue weighted by molar-refractivity contribution is 0.577. The van der Waals surface area contributed by atoms with Gasteiger partial charge >= 0.3 is 0 Å². The summed E-state index contributed by atoms with van der Waals surface area (Å²) in [5, 5.41) is 10.5. The number of hydrogen-bond acceptors (Lipinski definition) is 7. The van der Waals surface area contributed by atoms with Crippen LogP contribution in [0.15, 0.2) is 40.9 Å². The second kappa shape index (κ2) is 10.1. The first-order valence-electron chi connectivity index (χ1n) is 11.3. The molecule has 1 aliphatic rings. The SMILES string of the molecule is C/C=C(\C=C(\C)N)c1nc(N(C)c2c(F)cc(SC)cc2F)nc(Nc2cc(C)[nH]n2)c1C1CC1. The van der Waals surface area contributed by atoms with Gasteiger partial charge in [0.15, 0.2) is 17.5 Å². The van der Waals surface area contributed by atoms with E-state index in [1.54, 1.807) is 20.2 Å². The molecule has 2 aromatic heterocycles. The van der Waals surface area contributed by atoms with E-state index >= 15 is 0 Å². The molecule has 2 heterocycles. The van der Waals surface area contributed by atoms with Crippen LogP contribution in [0, 0.1) is 18.6 Å². The van der Waals surface area contributed by atoms with Gasteiger partial charge in [0.1, 0.15) is 11.5 Å². The van der Waals surface area contributed by atoms with Crippen molar-refractivity contribution < 1.29 is 8.78 Å². The molecule has 0 radical (unpaired) electrons. The summed E-state index contributed by atoms with van der Waals surface area (Å²) >= 11 is 1.27. The Balaban J connectivity index is 1.91. The molecular formula is C25H29F2N7S. The third-order valence-corrected chi connectivity index (χ3v) is 6.41. The Morgan fingerprint density at radius 3 is 2.43 bits per heavy atom. The van der Waals surface area contributed by atoms with Gasteiger partial charge in [0, 0.05) is 35.0 Å². The predicted octanol–water partition coefficient (Wildman–Crippen LogP) is 6.16. The summed E-state index contributed by atoms with van der Waals surface area (Å²) in [6.45, 7) is 5.61. The van der Waals surface area contributed by atoms with E-state index < -0.39 is 11.6 Å². The van der Waals surface area contributed by atoms with Crippen molar-refractivity contribution in [3.05, 3.63) is 64.6 Å². The molecule has 184 valence electrons. The molecule has 3 aromatic rings. The predicted molar refractivity (Wildman–Crippen MR) is 138 cm³/mol. The standard InChI is InChI=1S/C25H29F2N7S/c1-6-15(9-13(2)28)22-21(16-7-8-16)24(29-20-10-14(3)32-33-20)31-25(30-22)34(4)23-18(26)11-17(35-5)12-19(23)27/h6,9-12,16H,7-8,28H2,1-5H3,(H2,29,30,31,32,33)/b13-9-,15-6+. The molecule has 1 fully saturated rings.